The highest BCUT2D eigenvalue weighted by Gasteiger charge is 2.46. The minimum atomic E-state index is -5.08. The number of ether oxygens (including phenoxy) is 2. The van der Waals surface area contributed by atoms with Crippen molar-refractivity contribution < 1.29 is 41.9 Å². The lowest BCUT2D eigenvalue weighted by Crippen LogP contribution is -2.54. The van der Waals surface area contributed by atoms with Crippen LogP contribution in [0.15, 0.2) is 35.0 Å². The van der Waals surface area contributed by atoms with Crippen LogP contribution < -0.4 is 4.74 Å². The van der Waals surface area contributed by atoms with E-state index in [1.165, 1.54) is 0 Å². The second-order valence-electron chi connectivity index (χ2n) is 6.93. The number of alkyl halides is 3. The molecule has 2 fully saturated rings. The molecule has 1 aliphatic heterocycles. The van der Waals surface area contributed by atoms with Crippen molar-refractivity contribution >= 4 is 11.9 Å². The zero-order chi connectivity index (χ0) is 22.6. The van der Waals surface area contributed by atoms with Gasteiger partial charge in [0.25, 0.3) is 5.91 Å². The summed E-state index contributed by atoms with van der Waals surface area (Å²) in [7, 11) is 0. The molecule has 0 aromatic carbocycles. The van der Waals surface area contributed by atoms with E-state index >= 15 is 0 Å². The Bertz CT molecular complexity index is 905. The molecule has 9 nitrogen and oxygen atoms in total. The first-order chi connectivity index (χ1) is 14.7. The Balaban J connectivity index is 0.000000339. The zero-order valence-corrected chi connectivity index (χ0v) is 16.4. The molecule has 4 rings (SSSR count). The van der Waals surface area contributed by atoms with Gasteiger partial charge in [-0.25, -0.2) is 9.78 Å². The van der Waals surface area contributed by atoms with Crippen molar-refractivity contribution in [1.29, 1.82) is 0 Å². The average molecular weight is 443 g/mol. The molecule has 168 valence electrons. The van der Waals surface area contributed by atoms with E-state index in [4.69, 9.17) is 23.9 Å². The van der Waals surface area contributed by atoms with Gasteiger partial charge in [-0.15, -0.1) is 0 Å². The number of aryl methyl sites for hydroxylation is 1. The van der Waals surface area contributed by atoms with E-state index in [0.29, 0.717) is 30.5 Å². The fraction of sp³-hybridized carbons (Fsp3) is 0.474. The number of morpholine rings is 1. The summed E-state index contributed by atoms with van der Waals surface area (Å²) in [5, 5.41) is 11.0. The molecule has 1 aliphatic carbocycles. The number of aromatic nitrogens is 2. The van der Waals surface area contributed by atoms with E-state index in [9.17, 15) is 18.0 Å². The predicted octanol–water partition coefficient (Wildman–Crippen LogP) is 2.46. The van der Waals surface area contributed by atoms with Crippen LogP contribution in [0.4, 0.5) is 13.2 Å². The maximum atomic E-state index is 12.7. The number of carbonyl (C=O) groups is 2. The van der Waals surface area contributed by atoms with Crippen LogP contribution in [0, 0.1) is 6.92 Å². The number of carbonyl (C=O) groups excluding carboxylic acids is 1. The molecule has 1 saturated heterocycles. The first-order valence-electron chi connectivity index (χ1n) is 9.40. The van der Waals surface area contributed by atoms with E-state index in [1.807, 2.05) is 23.1 Å². The van der Waals surface area contributed by atoms with E-state index in [2.05, 4.69) is 10.1 Å². The van der Waals surface area contributed by atoms with Gasteiger partial charge in [-0.2, -0.15) is 13.2 Å². The summed E-state index contributed by atoms with van der Waals surface area (Å²) in [6.45, 7) is 2.83. The molecule has 1 saturated carbocycles. The Labute approximate surface area is 174 Å². The van der Waals surface area contributed by atoms with Gasteiger partial charge in [-0.05, 0) is 25.8 Å². The number of amides is 1. The molecule has 3 atom stereocenters. The number of carboxylic acid groups (broad SMARTS) is 1. The molecule has 0 spiro atoms. The molecule has 2 aliphatic rings. The largest absolute Gasteiger partial charge is 0.490 e. The summed E-state index contributed by atoms with van der Waals surface area (Å²) in [6, 6.07) is 7.24. The smallest absolute Gasteiger partial charge is 0.475 e. The molecule has 1 amide bonds. The Morgan fingerprint density at radius 3 is 2.61 bits per heavy atom. The molecular weight excluding hydrogens is 423 g/mol. The van der Waals surface area contributed by atoms with Crippen LogP contribution >= 0.6 is 0 Å². The lowest BCUT2D eigenvalue weighted by atomic mass is 10.1. The van der Waals surface area contributed by atoms with Crippen LogP contribution in [0.25, 0.3) is 0 Å². The fourth-order valence-corrected chi connectivity index (χ4v) is 3.48. The van der Waals surface area contributed by atoms with E-state index in [-0.39, 0.29) is 24.2 Å². The highest BCUT2D eigenvalue weighted by Crippen LogP contribution is 2.33. The van der Waals surface area contributed by atoms with Crippen molar-refractivity contribution in [3.63, 3.8) is 0 Å². The highest BCUT2D eigenvalue weighted by molar-refractivity contribution is 5.92. The summed E-state index contributed by atoms with van der Waals surface area (Å²) >= 11 is 0. The summed E-state index contributed by atoms with van der Waals surface area (Å²) in [5.41, 5.74) is 0.349. The van der Waals surface area contributed by atoms with Crippen LogP contribution in [0.1, 0.15) is 29.1 Å². The number of fused-ring (bicyclic) bond motifs is 1. The summed E-state index contributed by atoms with van der Waals surface area (Å²) < 4.78 is 48.7. The molecule has 31 heavy (non-hydrogen) atoms. The quantitative estimate of drug-likeness (QED) is 0.770. The van der Waals surface area contributed by atoms with Crippen LogP contribution in [0.2, 0.25) is 0 Å². The second kappa shape index (κ2) is 9.33. The van der Waals surface area contributed by atoms with Crippen molar-refractivity contribution in [2.75, 3.05) is 13.2 Å². The molecule has 2 aromatic heterocycles. The van der Waals surface area contributed by atoms with Crippen LogP contribution in [-0.2, 0) is 9.53 Å². The minimum Gasteiger partial charge on any atom is -0.475 e. The van der Waals surface area contributed by atoms with Crippen molar-refractivity contribution in [2.24, 2.45) is 0 Å². The molecule has 0 unspecified atom stereocenters. The minimum absolute atomic E-state index is 0.00281. The maximum absolute atomic E-state index is 12.7. The number of pyridine rings is 1. The Morgan fingerprint density at radius 2 is 2.03 bits per heavy atom. The average Bonchev–Trinajstić information content (AvgIpc) is 3.34. The SMILES string of the molecule is Cc1cc(C(=O)N2CCO[C@H]3[C@H](Oc4ccccn4)CC[C@@H]32)no1.O=C(O)C(F)(F)F. The molecule has 1 N–H and O–H groups in total. The number of aliphatic carboxylic acids is 1. The van der Waals surface area contributed by atoms with Crippen LogP contribution in [-0.4, -0.2) is 69.6 Å². The van der Waals surface area contributed by atoms with Crippen LogP contribution in [0.3, 0.4) is 0 Å². The molecule has 0 bridgehead atoms. The third kappa shape index (κ3) is 5.51. The van der Waals surface area contributed by atoms with E-state index < -0.39 is 12.1 Å². The molecule has 0 radical (unpaired) electrons. The van der Waals surface area contributed by atoms with Gasteiger partial charge in [0.2, 0.25) is 5.88 Å². The fourth-order valence-electron chi connectivity index (χ4n) is 3.48. The van der Waals surface area contributed by atoms with Crippen molar-refractivity contribution in [3.8, 4) is 5.88 Å². The lowest BCUT2D eigenvalue weighted by molar-refractivity contribution is -0.192. The van der Waals surface area contributed by atoms with Gasteiger partial charge in [-0.3, -0.25) is 4.79 Å². The zero-order valence-electron chi connectivity index (χ0n) is 16.4. The molecule has 3 heterocycles. The van der Waals surface area contributed by atoms with Gasteiger partial charge in [0.15, 0.2) is 5.69 Å². The lowest BCUT2D eigenvalue weighted by Gasteiger charge is -2.38. The molecule has 2 aromatic rings. The highest BCUT2D eigenvalue weighted by atomic mass is 19.4. The standard InChI is InChI=1S/C17H19N3O4.C2HF3O2/c1-11-10-12(19-24-11)17(21)20-8-9-22-16-13(20)5-6-14(16)23-15-4-2-3-7-18-15;3-2(4,5)1(6)7/h2-4,7,10,13-14,16H,5-6,8-9H2,1H3;(H,6,7)/t13-,14+,16+;/m0./s1. The van der Waals surface area contributed by atoms with Crippen molar-refractivity contribution in [1.82, 2.24) is 15.0 Å². The maximum Gasteiger partial charge on any atom is 0.490 e. The summed E-state index contributed by atoms with van der Waals surface area (Å²) in [5.74, 6) is -1.65. The number of hydrogen-bond donors (Lipinski definition) is 1. The van der Waals surface area contributed by atoms with Crippen LogP contribution in [0.5, 0.6) is 5.88 Å². The Morgan fingerprint density at radius 1 is 1.29 bits per heavy atom. The topological polar surface area (TPSA) is 115 Å². The summed E-state index contributed by atoms with van der Waals surface area (Å²) in [6.07, 6.45) is -1.96. The second-order valence-corrected chi connectivity index (χ2v) is 6.93. The first kappa shape index (κ1) is 22.5. The number of halogens is 3. The number of carboxylic acids is 1. The Hall–Kier alpha value is -3.15. The monoisotopic (exact) mass is 443 g/mol. The Kier molecular flexibility index (Phi) is 6.78. The normalized spacial score (nSPS) is 22.8. The van der Waals surface area contributed by atoms with Gasteiger partial charge >= 0.3 is 12.1 Å². The summed E-state index contributed by atoms with van der Waals surface area (Å²) in [4.78, 5) is 27.7. The molecular formula is C19H20F3N3O6. The predicted molar refractivity (Wildman–Crippen MR) is 97.4 cm³/mol. The van der Waals surface area contributed by atoms with Gasteiger partial charge in [0.1, 0.15) is 18.0 Å². The number of rotatable bonds is 3. The van der Waals surface area contributed by atoms with E-state index in [1.54, 1.807) is 19.2 Å². The third-order valence-corrected chi connectivity index (χ3v) is 4.80. The van der Waals surface area contributed by atoms with Crippen molar-refractivity contribution in [3.05, 3.63) is 41.9 Å². The first-order valence-corrected chi connectivity index (χ1v) is 9.40. The molecule has 12 heteroatoms. The third-order valence-electron chi connectivity index (χ3n) is 4.80. The van der Waals surface area contributed by atoms with Gasteiger partial charge < -0.3 is 24.0 Å². The number of nitrogens with zero attached hydrogens (tertiary/aromatic N) is 3. The van der Waals surface area contributed by atoms with E-state index in [0.717, 1.165) is 12.8 Å². The van der Waals surface area contributed by atoms with Gasteiger partial charge in [-0.1, -0.05) is 11.2 Å². The van der Waals surface area contributed by atoms with Gasteiger partial charge in [0.05, 0.1) is 12.6 Å². The number of hydrogen-bond acceptors (Lipinski definition) is 7. The van der Waals surface area contributed by atoms with Crippen molar-refractivity contribution in [2.45, 2.75) is 44.2 Å². The van der Waals surface area contributed by atoms with Gasteiger partial charge in [0, 0.05) is 24.9 Å².